The summed E-state index contributed by atoms with van der Waals surface area (Å²) in [5.41, 5.74) is 3.02. The van der Waals surface area contributed by atoms with Gasteiger partial charge in [0.05, 0.1) is 16.9 Å². The van der Waals surface area contributed by atoms with Crippen molar-refractivity contribution in [1.29, 1.82) is 5.41 Å². The average Bonchev–Trinajstić information content (AvgIpc) is 3.56. The van der Waals surface area contributed by atoms with Crippen LogP contribution in [0.2, 0.25) is 0 Å². The Bertz CT molecular complexity index is 1330. The van der Waals surface area contributed by atoms with Gasteiger partial charge in [-0.05, 0) is 75.4 Å². The van der Waals surface area contributed by atoms with E-state index in [-0.39, 0.29) is 23.8 Å². The summed E-state index contributed by atoms with van der Waals surface area (Å²) in [4.78, 5) is 41.6. The van der Waals surface area contributed by atoms with Crippen molar-refractivity contribution < 1.29 is 9.59 Å². The molecule has 0 bridgehead atoms. The number of piperazine rings is 1. The van der Waals surface area contributed by atoms with Gasteiger partial charge in [-0.25, -0.2) is 9.97 Å². The minimum atomic E-state index is -0.329. The first-order valence-electron chi connectivity index (χ1n) is 12.9. The third kappa shape index (κ3) is 5.96. The SMILES string of the molecule is CC(=N)NC(=O)c1ccc2nc(Nc3cc(CN4C[C@@H](C)N(C(=O)CC5CC5)C[C@@H]4C)ccn3)[nH]c2c1. The second kappa shape index (κ2) is 10.3. The minimum Gasteiger partial charge on any atom is -0.337 e. The second-order valence-electron chi connectivity index (χ2n) is 10.4. The van der Waals surface area contributed by atoms with Crippen molar-refractivity contribution in [1.82, 2.24) is 30.1 Å². The van der Waals surface area contributed by atoms with Crippen LogP contribution in [0, 0.1) is 11.3 Å². The maximum Gasteiger partial charge on any atom is 0.256 e. The average molecular weight is 503 g/mol. The van der Waals surface area contributed by atoms with Gasteiger partial charge in [-0.15, -0.1) is 0 Å². The topological polar surface area (TPSA) is 130 Å². The van der Waals surface area contributed by atoms with Crippen LogP contribution >= 0.6 is 0 Å². The summed E-state index contributed by atoms with van der Waals surface area (Å²) in [6, 6.07) is 9.68. The summed E-state index contributed by atoms with van der Waals surface area (Å²) in [6.07, 6.45) is 4.89. The predicted octanol–water partition coefficient (Wildman–Crippen LogP) is 3.65. The zero-order valence-electron chi connectivity index (χ0n) is 21.5. The van der Waals surface area contributed by atoms with Gasteiger partial charge in [0.15, 0.2) is 0 Å². The molecule has 2 amide bonds. The zero-order chi connectivity index (χ0) is 26.1. The molecule has 1 saturated carbocycles. The number of carbonyl (C=O) groups is 2. The number of fused-ring (bicyclic) bond motifs is 1. The first-order chi connectivity index (χ1) is 17.7. The molecule has 10 nitrogen and oxygen atoms in total. The molecule has 4 N–H and O–H groups in total. The molecule has 0 radical (unpaired) electrons. The van der Waals surface area contributed by atoms with Crippen LogP contribution in [-0.2, 0) is 11.3 Å². The maximum atomic E-state index is 12.7. The number of benzene rings is 1. The number of pyridine rings is 1. The lowest BCUT2D eigenvalue weighted by Gasteiger charge is -2.44. The molecule has 5 rings (SSSR count). The molecule has 2 aliphatic rings. The number of aromatic amines is 1. The number of hydrogen-bond donors (Lipinski definition) is 4. The van der Waals surface area contributed by atoms with Crippen molar-refractivity contribution in [3.63, 3.8) is 0 Å². The van der Waals surface area contributed by atoms with E-state index in [0.717, 1.165) is 30.7 Å². The van der Waals surface area contributed by atoms with Crippen LogP contribution in [0.4, 0.5) is 11.8 Å². The lowest BCUT2D eigenvalue weighted by molar-refractivity contribution is -0.137. The molecule has 1 aliphatic carbocycles. The fraction of sp³-hybridized carbons (Fsp3) is 0.444. The highest BCUT2D eigenvalue weighted by Gasteiger charge is 2.34. The van der Waals surface area contributed by atoms with Crippen LogP contribution in [0.25, 0.3) is 11.0 Å². The standard InChI is InChI=1S/C27H34N8O2/c1-16-14-35(25(36)11-19-4-5-19)17(2)13-34(16)15-20-8-9-29-24(10-20)33-27-31-22-7-6-21(12-23(22)32-27)26(37)30-18(3)28/h6-10,12,16-17,19H,4-5,11,13-15H2,1-3H3,(H2,28,30,37)(H2,29,31,32,33)/t16-,17+/m0/s1. The van der Waals surface area contributed by atoms with Crippen molar-refractivity contribution in [3.8, 4) is 0 Å². The molecule has 2 atom stereocenters. The summed E-state index contributed by atoms with van der Waals surface area (Å²) >= 11 is 0. The number of amides is 2. The Morgan fingerprint density at radius 1 is 1.14 bits per heavy atom. The number of carbonyl (C=O) groups excluding carboxylic acids is 2. The van der Waals surface area contributed by atoms with Crippen molar-refractivity contribution in [2.45, 2.75) is 58.7 Å². The van der Waals surface area contributed by atoms with E-state index in [4.69, 9.17) is 5.41 Å². The summed E-state index contributed by atoms with van der Waals surface area (Å²) < 4.78 is 0. The van der Waals surface area contributed by atoms with Crippen LogP contribution in [-0.4, -0.2) is 67.6 Å². The fourth-order valence-electron chi connectivity index (χ4n) is 4.90. The van der Waals surface area contributed by atoms with Gasteiger partial charge in [-0.3, -0.25) is 19.9 Å². The Kier molecular flexibility index (Phi) is 6.92. The lowest BCUT2D eigenvalue weighted by atomic mass is 10.1. The van der Waals surface area contributed by atoms with E-state index in [1.165, 1.54) is 19.8 Å². The molecule has 10 heteroatoms. The van der Waals surface area contributed by atoms with Crippen LogP contribution in [0.5, 0.6) is 0 Å². The number of nitrogens with zero attached hydrogens (tertiary/aromatic N) is 4. The van der Waals surface area contributed by atoms with E-state index in [2.05, 4.69) is 49.2 Å². The van der Waals surface area contributed by atoms with Crippen LogP contribution in [0.15, 0.2) is 36.5 Å². The minimum absolute atomic E-state index is 0.0933. The Labute approximate surface area is 216 Å². The zero-order valence-corrected chi connectivity index (χ0v) is 21.5. The van der Waals surface area contributed by atoms with Crippen molar-refractivity contribution in [2.24, 2.45) is 5.92 Å². The molecule has 3 heterocycles. The van der Waals surface area contributed by atoms with E-state index in [0.29, 0.717) is 41.1 Å². The van der Waals surface area contributed by atoms with E-state index in [1.807, 2.05) is 12.1 Å². The molecule has 0 unspecified atom stereocenters. The summed E-state index contributed by atoms with van der Waals surface area (Å²) in [5.74, 6) is 1.89. The number of hydrogen-bond acceptors (Lipinski definition) is 7. The van der Waals surface area contributed by atoms with Gasteiger partial charge >= 0.3 is 0 Å². The number of nitrogens with one attached hydrogen (secondary N) is 4. The molecule has 1 aliphatic heterocycles. The normalized spacial score (nSPS) is 20.1. The van der Waals surface area contributed by atoms with Gasteiger partial charge in [0.25, 0.3) is 5.91 Å². The van der Waals surface area contributed by atoms with Crippen molar-refractivity contribution in [3.05, 3.63) is 47.7 Å². The smallest absolute Gasteiger partial charge is 0.256 e. The summed E-state index contributed by atoms with van der Waals surface area (Å²) in [5, 5.41) is 13.2. The first-order valence-corrected chi connectivity index (χ1v) is 12.9. The Hall–Kier alpha value is -3.79. The van der Waals surface area contributed by atoms with E-state index in [9.17, 15) is 9.59 Å². The number of imidazole rings is 1. The number of H-pyrrole nitrogens is 1. The molecule has 1 saturated heterocycles. The fourth-order valence-corrected chi connectivity index (χ4v) is 4.90. The lowest BCUT2D eigenvalue weighted by Crippen LogP contribution is -2.57. The molecule has 2 fully saturated rings. The molecule has 2 aromatic heterocycles. The highest BCUT2D eigenvalue weighted by atomic mass is 16.2. The quantitative estimate of drug-likeness (QED) is 0.288. The van der Waals surface area contributed by atoms with Gasteiger partial charge in [0.2, 0.25) is 11.9 Å². The highest BCUT2D eigenvalue weighted by molar-refractivity contribution is 6.06. The van der Waals surface area contributed by atoms with Gasteiger partial charge in [0.1, 0.15) is 5.82 Å². The van der Waals surface area contributed by atoms with Crippen LogP contribution < -0.4 is 10.6 Å². The first kappa shape index (κ1) is 24.9. The predicted molar refractivity (Wildman–Crippen MR) is 143 cm³/mol. The number of amidine groups is 1. The van der Waals surface area contributed by atoms with Gasteiger partial charge < -0.3 is 20.5 Å². The maximum absolute atomic E-state index is 12.7. The van der Waals surface area contributed by atoms with Gasteiger partial charge in [-0.2, -0.15) is 0 Å². The molecule has 0 spiro atoms. The van der Waals surface area contributed by atoms with Gasteiger partial charge in [0, 0.05) is 49.9 Å². The van der Waals surface area contributed by atoms with Crippen LogP contribution in [0.1, 0.15) is 56.0 Å². The number of anilines is 2. The molecule has 1 aromatic carbocycles. The van der Waals surface area contributed by atoms with E-state index in [1.54, 1.807) is 24.4 Å². The molecule has 3 aromatic rings. The van der Waals surface area contributed by atoms with Crippen molar-refractivity contribution in [2.75, 3.05) is 18.4 Å². The monoisotopic (exact) mass is 502 g/mol. The van der Waals surface area contributed by atoms with E-state index < -0.39 is 0 Å². The summed E-state index contributed by atoms with van der Waals surface area (Å²) in [7, 11) is 0. The highest BCUT2D eigenvalue weighted by Crippen LogP contribution is 2.33. The van der Waals surface area contributed by atoms with E-state index >= 15 is 0 Å². The Morgan fingerprint density at radius 3 is 2.70 bits per heavy atom. The van der Waals surface area contributed by atoms with Crippen molar-refractivity contribution >= 4 is 40.4 Å². The molecule has 37 heavy (non-hydrogen) atoms. The van der Waals surface area contributed by atoms with Gasteiger partial charge in [-0.1, -0.05) is 0 Å². The Morgan fingerprint density at radius 2 is 1.95 bits per heavy atom. The number of aromatic nitrogens is 3. The number of rotatable bonds is 7. The summed E-state index contributed by atoms with van der Waals surface area (Å²) in [6.45, 7) is 8.25. The third-order valence-corrected chi connectivity index (χ3v) is 7.10. The molecule has 194 valence electrons. The third-order valence-electron chi connectivity index (χ3n) is 7.10. The molecular weight excluding hydrogens is 468 g/mol. The van der Waals surface area contributed by atoms with Crippen LogP contribution in [0.3, 0.4) is 0 Å². The Balaban J connectivity index is 1.23. The largest absolute Gasteiger partial charge is 0.337 e. The second-order valence-corrected chi connectivity index (χ2v) is 10.4. The molecular formula is C27H34N8O2.